The van der Waals surface area contributed by atoms with Gasteiger partial charge in [-0.1, -0.05) is 43.8 Å². The van der Waals surface area contributed by atoms with Gasteiger partial charge in [-0.15, -0.1) is 0 Å². The molecule has 0 aliphatic heterocycles. The van der Waals surface area contributed by atoms with Crippen LogP contribution in [0.1, 0.15) is 43.8 Å². The van der Waals surface area contributed by atoms with E-state index in [4.69, 9.17) is 4.74 Å². The first kappa shape index (κ1) is 20.4. The highest BCUT2D eigenvalue weighted by molar-refractivity contribution is 7.99. The van der Waals surface area contributed by atoms with E-state index < -0.39 is 0 Å². The number of aryl methyl sites for hydroxylation is 1. The molecule has 142 valence electrons. The van der Waals surface area contributed by atoms with Crippen LogP contribution in [0.15, 0.2) is 29.4 Å². The fraction of sp³-hybridized carbons (Fsp3) is 0.500. The molecule has 0 aliphatic rings. The van der Waals surface area contributed by atoms with Gasteiger partial charge in [0, 0.05) is 17.8 Å². The summed E-state index contributed by atoms with van der Waals surface area (Å²) >= 11 is 1.49. The number of para-hydroxylation sites is 1. The van der Waals surface area contributed by atoms with E-state index in [1.54, 1.807) is 7.11 Å². The first-order valence-electron chi connectivity index (χ1n) is 8.92. The van der Waals surface area contributed by atoms with Crippen molar-refractivity contribution in [3.63, 3.8) is 0 Å². The number of benzene rings is 1. The van der Waals surface area contributed by atoms with Crippen LogP contribution in [0.5, 0.6) is 5.75 Å². The number of hydrogen-bond acceptors (Lipinski definition) is 4. The number of nitrogens with one attached hydrogen (secondary N) is 1. The number of carbonyl (C=O) groups excluding carboxylic acids is 1. The van der Waals surface area contributed by atoms with Crippen molar-refractivity contribution >= 4 is 17.7 Å². The number of ether oxygens (including phenoxy) is 1. The van der Waals surface area contributed by atoms with Gasteiger partial charge in [0.05, 0.1) is 24.6 Å². The minimum absolute atomic E-state index is 0.0113. The molecule has 1 atom stereocenters. The Morgan fingerprint density at radius 1 is 1.27 bits per heavy atom. The number of imidazole rings is 1. The number of nitrogens with zero attached hydrogens (tertiary/aromatic N) is 2. The molecule has 5 nitrogen and oxygen atoms in total. The first-order chi connectivity index (χ1) is 12.3. The highest BCUT2D eigenvalue weighted by Gasteiger charge is 2.17. The van der Waals surface area contributed by atoms with Gasteiger partial charge < -0.3 is 14.6 Å². The topological polar surface area (TPSA) is 56.1 Å². The number of thioether (sulfide) groups is 1. The minimum Gasteiger partial charge on any atom is -0.496 e. The normalized spacial score (nSPS) is 12.3. The van der Waals surface area contributed by atoms with Gasteiger partial charge in [0.2, 0.25) is 5.91 Å². The lowest BCUT2D eigenvalue weighted by atomic mass is 10.1. The average Bonchev–Trinajstić information content (AvgIpc) is 2.87. The van der Waals surface area contributed by atoms with Gasteiger partial charge in [0.25, 0.3) is 0 Å². The van der Waals surface area contributed by atoms with Gasteiger partial charge in [-0.05, 0) is 32.8 Å². The van der Waals surface area contributed by atoms with E-state index in [1.807, 2.05) is 38.1 Å². The molecule has 1 heterocycles. The van der Waals surface area contributed by atoms with Crippen LogP contribution in [0.25, 0.3) is 0 Å². The minimum atomic E-state index is -0.113. The van der Waals surface area contributed by atoms with Crippen LogP contribution in [-0.4, -0.2) is 28.3 Å². The fourth-order valence-corrected chi connectivity index (χ4v) is 3.74. The van der Waals surface area contributed by atoms with Gasteiger partial charge in [-0.25, -0.2) is 4.98 Å². The lowest BCUT2D eigenvalue weighted by molar-refractivity contribution is -0.119. The number of hydrogen-bond donors (Lipinski definition) is 1. The smallest absolute Gasteiger partial charge is 0.230 e. The van der Waals surface area contributed by atoms with Crippen molar-refractivity contribution in [2.75, 3.05) is 12.9 Å². The van der Waals surface area contributed by atoms with Crippen molar-refractivity contribution in [2.45, 2.75) is 52.4 Å². The van der Waals surface area contributed by atoms with E-state index >= 15 is 0 Å². The summed E-state index contributed by atoms with van der Waals surface area (Å²) in [6.45, 7) is 11.3. The zero-order valence-corrected chi connectivity index (χ0v) is 17.3. The van der Waals surface area contributed by atoms with Crippen molar-refractivity contribution in [2.24, 2.45) is 5.92 Å². The predicted octanol–water partition coefficient (Wildman–Crippen LogP) is 4.13. The molecule has 1 aromatic heterocycles. The molecule has 0 saturated heterocycles. The third-order valence-electron chi connectivity index (χ3n) is 4.29. The molecule has 2 rings (SSSR count). The van der Waals surface area contributed by atoms with Gasteiger partial charge in [-0.3, -0.25) is 4.79 Å². The number of amides is 1. The Kier molecular flexibility index (Phi) is 7.14. The van der Waals surface area contributed by atoms with Gasteiger partial charge >= 0.3 is 0 Å². The van der Waals surface area contributed by atoms with E-state index in [1.165, 1.54) is 17.5 Å². The monoisotopic (exact) mass is 375 g/mol. The zero-order chi connectivity index (χ0) is 19.3. The molecule has 6 heteroatoms. The Morgan fingerprint density at radius 2 is 1.96 bits per heavy atom. The lowest BCUT2D eigenvalue weighted by Gasteiger charge is -2.17. The van der Waals surface area contributed by atoms with Crippen LogP contribution in [0.2, 0.25) is 0 Å². The molecule has 0 bridgehead atoms. The molecule has 0 saturated carbocycles. The second-order valence-electron chi connectivity index (χ2n) is 6.89. The Balaban J connectivity index is 2.00. The maximum atomic E-state index is 12.4. The zero-order valence-electron chi connectivity index (χ0n) is 16.5. The Morgan fingerprint density at radius 3 is 2.62 bits per heavy atom. The molecular formula is C20H29N3O2S. The highest BCUT2D eigenvalue weighted by atomic mass is 32.2. The van der Waals surface area contributed by atoms with Crippen LogP contribution in [0.4, 0.5) is 0 Å². The maximum absolute atomic E-state index is 12.4. The summed E-state index contributed by atoms with van der Waals surface area (Å²) < 4.78 is 7.59. The number of rotatable bonds is 8. The summed E-state index contributed by atoms with van der Waals surface area (Å²) in [6, 6.07) is 7.63. The van der Waals surface area contributed by atoms with Crippen molar-refractivity contribution in [1.82, 2.24) is 14.9 Å². The molecule has 26 heavy (non-hydrogen) atoms. The predicted molar refractivity (Wildman–Crippen MR) is 107 cm³/mol. The van der Waals surface area contributed by atoms with Crippen molar-refractivity contribution < 1.29 is 9.53 Å². The van der Waals surface area contributed by atoms with E-state index in [2.05, 4.69) is 35.6 Å². The van der Waals surface area contributed by atoms with Crippen LogP contribution in [0.3, 0.4) is 0 Å². The van der Waals surface area contributed by atoms with Gasteiger partial charge in [0.15, 0.2) is 5.16 Å². The SMILES string of the molecule is COc1ccccc1C(C)NC(=O)CSc1nc(C)c(C)n1CC(C)C. The summed E-state index contributed by atoms with van der Waals surface area (Å²) in [5.41, 5.74) is 3.17. The fourth-order valence-electron chi connectivity index (χ4n) is 2.83. The Bertz CT molecular complexity index is 756. The summed E-state index contributed by atoms with van der Waals surface area (Å²) in [4.78, 5) is 17.0. The molecule has 1 N–H and O–H groups in total. The molecule has 1 aromatic carbocycles. The van der Waals surface area contributed by atoms with E-state index in [-0.39, 0.29) is 11.9 Å². The molecule has 1 amide bonds. The van der Waals surface area contributed by atoms with Crippen molar-refractivity contribution in [3.8, 4) is 5.75 Å². The van der Waals surface area contributed by atoms with Crippen molar-refractivity contribution in [1.29, 1.82) is 0 Å². The molecule has 2 aromatic rings. The summed E-state index contributed by atoms with van der Waals surface area (Å²) in [6.07, 6.45) is 0. The molecule has 0 spiro atoms. The average molecular weight is 376 g/mol. The largest absolute Gasteiger partial charge is 0.496 e. The van der Waals surface area contributed by atoms with E-state index in [0.717, 1.165) is 28.7 Å². The van der Waals surface area contributed by atoms with Crippen LogP contribution in [-0.2, 0) is 11.3 Å². The molecule has 1 unspecified atom stereocenters. The third-order valence-corrected chi connectivity index (χ3v) is 5.26. The highest BCUT2D eigenvalue weighted by Crippen LogP contribution is 2.25. The summed E-state index contributed by atoms with van der Waals surface area (Å²) in [5, 5.41) is 3.96. The standard InChI is InChI=1S/C20H29N3O2S/c1-13(2)11-23-16(5)14(3)22-20(23)26-12-19(24)21-15(4)17-9-7-8-10-18(17)25-6/h7-10,13,15H,11-12H2,1-6H3,(H,21,24). The summed E-state index contributed by atoms with van der Waals surface area (Å²) in [7, 11) is 1.64. The van der Waals surface area contributed by atoms with Crippen LogP contribution in [0, 0.1) is 19.8 Å². The molecular weight excluding hydrogens is 346 g/mol. The molecule has 0 fully saturated rings. The van der Waals surface area contributed by atoms with Gasteiger partial charge in [-0.2, -0.15) is 0 Å². The quantitative estimate of drug-likeness (QED) is 0.705. The van der Waals surface area contributed by atoms with E-state index in [0.29, 0.717) is 11.7 Å². The number of carbonyl (C=O) groups is 1. The Hall–Kier alpha value is -1.95. The second kappa shape index (κ2) is 9.12. The number of aromatic nitrogens is 2. The van der Waals surface area contributed by atoms with Crippen LogP contribution < -0.4 is 10.1 Å². The third kappa shape index (κ3) is 5.04. The lowest BCUT2D eigenvalue weighted by Crippen LogP contribution is -2.28. The van der Waals surface area contributed by atoms with Crippen LogP contribution >= 0.6 is 11.8 Å². The molecule has 0 aliphatic carbocycles. The second-order valence-corrected chi connectivity index (χ2v) is 7.83. The van der Waals surface area contributed by atoms with Crippen molar-refractivity contribution in [3.05, 3.63) is 41.2 Å². The summed E-state index contributed by atoms with van der Waals surface area (Å²) in [5.74, 6) is 1.64. The van der Waals surface area contributed by atoms with E-state index in [9.17, 15) is 4.79 Å². The van der Waals surface area contributed by atoms with Gasteiger partial charge in [0.1, 0.15) is 5.75 Å². The Labute approximate surface area is 160 Å². The molecule has 0 radical (unpaired) electrons. The maximum Gasteiger partial charge on any atom is 0.230 e. The first-order valence-corrected chi connectivity index (χ1v) is 9.90. The number of methoxy groups -OCH3 is 1.